The van der Waals surface area contributed by atoms with E-state index in [1.807, 2.05) is 0 Å². The zero-order valence-electron chi connectivity index (χ0n) is 3.94. The van der Waals surface area contributed by atoms with Crippen molar-refractivity contribution in [3.63, 3.8) is 0 Å². The maximum absolute atomic E-state index is 11.0. The summed E-state index contributed by atoms with van der Waals surface area (Å²) < 4.78 is 36.6. The first-order valence-corrected chi connectivity index (χ1v) is 1.57. The van der Waals surface area contributed by atoms with Crippen LogP contribution in [0.4, 0.5) is 13.4 Å². The van der Waals surface area contributed by atoms with Gasteiger partial charge in [0.25, 0.3) is 0 Å². The molecule has 0 fully saturated rings. The van der Waals surface area contributed by atoms with Gasteiger partial charge in [0.05, 0.1) is 7.11 Å². The Morgan fingerprint density at radius 2 is 2.12 bits per heavy atom. The van der Waals surface area contributed by atoms with Crippen LogP contribution in [0.5, 0.6) is 0 Å². The average molecular weight is 128 g/mol. The fourth-order valence-corrected chi connectivity index (χ4v) is 0.132. The number of amidine groups is 1. The molecule has 0 aromatic heterocycles. The number of halogens is 3. The highest BCUT2D eigenvalue weighted by atomic mass is 19.4. The molecule has 0 spiro atoms. The summed E-state index contributed by atoms with van der Waals surface area (Å²) in [5.74, 6) is 0. The highest BCUT2D eigenvalue weighted by molar-refractivity contribution is 5.70. The highest BCUT2D eigenvalue weighted by Gasteiger charge is 2.08. The van der Waals surface area contributed by atoms with Crippen molar-refractivity contribution in [2.45, 2.75) is 0 Å². The van der Waals surface area contributed by atoms with Crippen LogP contribution in [0.3, 0.4) is 0 Å². The zero-order chi connectivity index (χ0) is 6.57. The summed E-state index contributed by atoms with van der Waals surface area (Å²) in [6, 6.07) is -1.36. The minimum Gasteiger partial charge on any atom is -0.463 e. The quantitative estimate of drug-likeness (QED) is 0.275. The average Bonchev–Trinajstić information content (AvgIpc) is 1.69. The fraction of sp³-hybridized carbons (Fsp3) is 0.500. The van der Waals surface area contributed by atoms with Crippen LogP contribution in [0.25, 0.3) is 0 Å². The molecule has 0 aliphatic rings. The molecule has 0 aromatic carbocycles. The molecule has 0 aromatic rings. The maximum atomic E-state index is 11.0. The minimum absolute atomic E-state index is 0.880. The fourth-order valence-electron chi connectivity index (χ4n) is 0.132. The lowest BCUT2D eigenvalue weighted by molar-refractivity contribution is -0.0966. The first-order valence-electron chi connectivity index (χ1n) is 1.57. The van der Waals surface area contributed by atoms with Gasteiger partial charge in [-0.05, 0) is 5.21 Å². The monoisotopic (exact) mass is 128 g/mol. The first kappa shape index (κ1) is 7.06. The molecule has 6 heteroatoms. The summed E-state index contributed by atoms with van der Waals surface area (Å²) in [5, 5.41) is 0.00694. The molecule has 0 aliphatic carbocycles. The van der Waals surface area contributed by atoms with Crippen LogP contribution in [0, 0.1) is 0 Å². The molecule has 0 aliphatic heterocycles. The van der Waals surface area contributed by atoms with E-state index in [1.54, 1.807) is 5.21 Å². The molecule has 0 heterocycles. The summed E-state index contributed by atoms with van der Waals surface area (Å²) >= 11 is 0. The second-order valence-corrected chi connectivity index (χ2v) is 0.804. The summed E-state index contributed by atoms with van der Waals surface area (Å²) in [6.45, 7) is 0. The largest absolute Gasteiger partial charge is 0.463 e. The van der Waals surface area contributed by atoms with E-state index in [0.717, 1.165) is 7.11 Å². The molecule has 0 atom stereocenters. The van der Waals surface area contributed by atoms with E-state index in [9.17, 15) is 13.4 Å². The number of hydrogen-bond donors (Lipinski definition) is 0. The van der Waals surface area contributed by atoms with Gasteiger partial charge >= 0.3 is 6.02 Å². The van der Waals surface area contributed by atoms with Crippen molar-refractivity contribution in [2.75, 3.05) is 7.11 Å². The van der Waals surface area contributed by atoms with Crippen LogP contribution >= 0.6 is 0 Å². The van der Waals surface area contributed by atoms with Crippen LogP contribution in [0.15, 0.2) is 5.21 Å². The summed E-state index contributed by atoms with van der Waals surface area (Å²) in [6.07, 6.45) is 0. The van der Waals surface area contributed by atoms with Gasteiger partial charge in [0, 0.05) is 5.34 Å². The summed E-state index contributed by atoms with van der Waals surface area (Å²) in [5.41, 5.74) is 0. The third kappa shape index (κ3) is 1.67. The van der Waals surface area contributed by atoms with Gasteiger partial charge in [0.15, 0.2) is 0 Å². The van der Waals surface area contributed by atoms with Crippen molar-refractivity contribution in [3.8, 4) is 0 Å². The van der Waals surface area contributed by atoms with Gasteiger partial charge in [-0.2, -0.15) is 0 Å². The maximum Gasteiger partial charge on any atom is 0.380 e. The van der Waals surface area contributed by atoms with E-state index in [0.29, 0.717) is 0 Å². The second kappa shape index (κ2) is 3.11. The molecule has 0 saturated carbocycles. The SMILES string of the molecule is CO/C(=N\F)N(F)F. The molecular formula is C2H3F3N2O. The lowest BCUT2D eigenvalue weighted by Gasteiger charge is -1.98. The Balaban J connectivity index is 3.72. The lowest BCUT2D eigenvalue weighted by atomic mass is 11.2. The van der Waals surface area contributed by atoms with Crippen molar-refractivity contribution in [3.05, 3.63) is 0 Å². The molecule has 3 nitrogen and oxygen atoms in total. The molecule has 0 rings (SSSR count). The van der Waals surface area contributed by atoms with Gasteiger partial charge in [-0.3, -0.25) is 0 Å². The Labute approximate surface area is 43.2 Å². The molecule has 0 bridgehead atoms. The summed E-state index contributed by atoms with van der Waals surface area (Å²) in [7, 11) is 0.880. The number of nitrogens with zero attached hydrogens (tertiary/aromatic N) is 2. The Bertz CT molecular complexity index is 93.3. The van der Waals surface area contributed by atoms with Gasteiger partial charge in [-0.25, -0.2) is 0 Å². The molecule has 0 saturated heterocycles. The van der Waals surface area contributed by atoms with E-state index in [-0.39, 0.29) is 0 Å². The number of hydrogen-bond acceptors (Lipinski definition) is 2. The molecule has 0 amide bonds. The van der Waals surface area contributed by atoms with E-state index >= 15 is 0 Å². The van der Waals surface area contributed by atoms with Gasteiger partial charge in [-0.1, -0.05) is 13.4 Å². The molecule has 0 unspecified atom stereocenters. The van der Waals surface area contributed by atoms with Crippen molar-refractivity contribution >= 4 is 6.02 Å². The highest BCUT2D eigenvalue weighted by Crippen LogP contribution is 1.93. The van der Waals surface area contributed by atoms with Gasteiger partial charge in [0.1, 0.15) is 0 Å². The normalized spacial score (nSPS) is 11.2. The molecule has 0 N–H and O–H groups in total. The third-order valence-electron chi connectivity index (χ3n) is 0.399. The zero-order valence-corrected chi connectivity index (χ0v) is 3.94. The Kier molecular flexibility index (Phi) is 2.75. The molecule has 8 heavy (non-hydrogen) atoms. The Hall–Kier alpha value is -0.940. The van der Waals surface area contributed by atoms with Crippen molar-refractivity contribution in [1.29, 1.82) is 0 Å². The predicted octanol–water partition coefficient (Wildman–Crippen LogP) is 0.944. The van der Waals surface area contributed by atoms with Crippen LogP contribution < -0.4 is 0 Å². The van der Waals surface area contributed by atoms with Gasteiger partial charge in [0.2, 0.25) is 0 Å². The van der Waals surface area contributed by atoms with Crippen molar-refractivity contribution in [2.24, 2.45) is 5.21 Å². The number of methoxy groups -OCH3 is 1. The molecular weight excluding hydrogens is 125 g/mol. The van der Waals surface area contributed by atoms with Crippen LogP contribution in [0.2, 0.25) is 0 Å². The standard InChI is InChI=1S/C2H3F3N2O/c1-8-2(6-3)7(4)5/h1H3/b6-2-. The van der Waals surface area contributed by atoms with E-state index in [1.165, 1.54) is 0 Å². The Morgan fingerprint density at radius 3 is 2.12 bits per heavy atom. The topological polar surface area (TPSA) is 24.8 Å². The molecule has 48 valence electrons. The molecule has 0 radical (unpaired) electrons. The number of ether oxygens (including phenoxy) is 1. The van der Waals surface area contributed by atoms with Gasteiger partial charge in [-0.15, -0.1) is 0 Å². The van der Waals surface area contributed by atoms with Crippen LogP contribution in [-0.4, -0.2) is 18.5 Å². The smallest absolute Gasteiger partial charge is 0.380 e. The van der Waals surface area contributed by atoms with Crippen molar-refractivity contribution in [1.82, 2.24) is 5.34 Å². The Morgan fingerprint density at radius 1 is 1.62 bits per heavy atom. The predicted molar refractivity (Wildman–Crippen MR) is 19.6 cm³/mol. The number of rotatable bonds is 0. The lowest BCUT2D eigenvalue weighted by Crippen LogP contribution is -2.14. The third-order valence-corrected chi connectivity index (χ3v) is 0.399. The minimum atomic E-state index is -1.57. The van der Waals surface area contributed by atoms with E-state index in [2.05, 4.69) is 4.74 Å². The first-order chi connectivity index (χ1) is 3.72. The van der Waals surface area contributed by atoms with Crippen LogP contribution in [0.1, 0.15) is 0 Å². The van der Waals surface area contributed by atoms with Crippen LogP contribution in [-0.2, 0) is 4.74 Å². The second-order valence-electron chi connectivity index (χ2n) is 0.804. The van der Waals surface area contributed by atoms with E-state index in [4.69, 9.17) is 0 Å². The van der Waals surface area contributed by atoms with E-state index < -0.39 is 11.4 Å². The van der Waals surface area contributed by atoms with Crippen molar-refractivity contribution < 1.29 is 18.2 Å². The summed E-state index contributed by atoms with van der Waals surface area (Å²) in [4.78, 5) is 0. The van der Waals surface area contributed by atoms with Gasteiger partial charge < -0.3 is 4.74 Å².